The molecule has 0 unspecified atom stereocenters. The van der Waals surface area contributed by atoms with Crippen LogP contribution in [0.25, 0.3) is 11.1 Å². The van der Waals surface area contributed by atoms with E-state index >= 15 is 0 Å². The maximum Gasteiger partial charge on any atom is -1.00 e. The van der Waals surface area contributed by atoms with E-state index in [0.29, 0.717) is 0 Å². The van der Waals surface area contributed by atoms with Gasteiger partial charge in [-0.15, -0.1) is 0 Å². The molecule has 99 valence electrons. The summed E-state index contributed by atoms with van der Waals surface area (Å²) in [4.78, 5) is 0. The van der Waals surface area contributed by atoms with E-state index < -0.39 is 8.80 Å². The van der Waals surface area contributed by atoms with E-state index in [1.54, 1.807) is 10.8 Å². The van der Waals surface area contributed by atoms with Gasteiger partial charge in [0.1, 0.15) is 0 Å². The van der Waals surface area contributed by atoms with Crippen molar-refractivity contribution < 1.29 is 41.1 Å². The first-order chi connectivity index (χ1) is 8.18. The minimum atomic E-state index is -0.776. The van der Waals surface area contributed by atoms with Gasteiger partial charge in [0.05, 0.1) is 0 Å². The molecular weight excluding hydrogens is 331 g/mol. The number of rotatable bonds is 1. The Morgan fingerprint density at radius 1 is 0.947 bits per heavy atom. The monoisotopic (exact) mass is 345 g/mol. The fraction of sp³-hybridized carbons (Fsp3) is 0.200. The van der Waals surface area contributed by atoms with Gasteiger partial charge < -0.3 is 24.8 Å². The summed E-state index contributed by atoms with van der Waals surface area (Å²) in [6.45, 7) is 4.83. The van der Waals surface area contributed by atoms with E-state index in [1.807, 2.05) is 0 Å². The smallest absolute Gasteiger partial charge is 1.00 e. The third kappa shape index (κ3) is 2.79. The molecule has 0 N–H and O–H groups in total. The molecule has 0 bridgehead atoms. The molecule has 0 saturated heterocycles. The topological polar surface area (TPSA) is 0 Å². The Kier molecular flexibility index (Phi) is 5.74. The Morgan fingerprint density at radius 2 is 1.63 bits per heavy atom. The summed E-state index contributed by atoms with van der Waals surface area (Å²) in [5, 5.41) is 1.64. The summed E-state index contributed by atoms with van der Waals surface area (Å²) in [7, 11) is -0.776. The van der Waals surface area contributed by atoms with Crippen LogP contribution in [0.15, 0.2) is 36.4 Å². The number of benzene rings is 2. The largest absolute Gasteiger partial charge is 1.00 e. The first-order valence-electron chi connectivity index (χ1n) is 6.09. The molecule has 2 aromatic carbocycles. The van der Waals surface area contributed by atoms with Crippen molar-refractivity contribution >= 4 is 18.4 Å². The summed E-state index contributed by atoms with van der Waals surface area (Å²) in [5.41, 5.74) is 5.99. The molecule has 0 aromatic heterocycles. The van der Waals surface area contributed by atoms with Gasteiger partial charge in [0.2, 0.25) is 0 Å². The molecule has 0 nitrogen and oxygen atoms in total. The molecule has 4 heteroatoms. The first-order valence-corrected chi connectivity index (χ1v) is 9.62. The van der Waals surface area contributed by atoms with Gasteiger partial charge in [-0.2, -0.15) is 0 Å². The van der Waals surface area contributed by atoms with Gasteiger partial charge >= 0.3 is 113 Å². The Morgan fingerprint density at radius 3 is 2.32 bits per heavy atom. The quantitative estimate of drug-likeness (QED) is 0.396. The summed E-state index contributed by atoms with van der Waals surface area (Å²) in [5.74, 6) is 0. The Bertz CT molecular complexity index is 597. The van der Waals surface area contributed by atoms with Crippen molar-refractivity contribution in [1.29, 1.82) is 0 Å². The van der Waals surface area contributed by atoms with Gasteiger partial charge in [-0.1, -0.05) is 0 Å². The van der Waals surface area contributed by atoms with Crippen LogP contribution in [-0.4, -0.2) is 8.80 Å². The van der Waals surface area contributed by atoms with Crippen molar-refractivity contribution in [2.45, 2.75) is 19.5 Å². The molecule has 0 atom stereocenters. The van der Waals surface area contributed by atoms with Crippen molar-refractivity contribution in [2.24, 2.45) is 0 Å². The molecule has 3 rings (SSSR count). The molecule has 0 radical (unpaired) electrons. The van der Waals surface area contributed by atoms with E-state index in [0.717, 1.165) is 6.42 Å². The second-order valence-corrected chi connectivity index (χ2v) is 8.57. The third-order valence-electron chi connectivity index (χ3n) is 3.57. The van der Waals surface area contributed by atoms with Crippen LogP contribution >= 0.6 is 0 Å². The van der Waals surface area contributed by atoms with Crippen LogP contribution in [0, 0.1) is 0 Å². The van der Waals surface area contributed by atoms with Crippen molar-refractivity contribution in [3.63, 3.8) is 0 Å². The van der Waals surface area contributed by atoms with Crippen molar-refractivity contribution in [3.8, 4) is 11.1 Å². The van der Waals surface area contributed by atoms with Gasteiger partial charge in [0.15, 0.2) is 0 Å². The molecule has 2 aromatic rings. The number of halogens is 2. The molecular formula is C15H15Cl2CrSi. The fourth-order valence-corrected chi connectivity index (χ4v) is 5.87. The maximum atomic E-state index is 3.24. The van der Waals surface area contributed by atoms with Gasteiger partial charge in [0.25, 0.3) is 0 Å². The summed E-state index contributed by atoms with van der Waals surface area (Å²) >= 11 is 3.24. The van der Waals surface area contributed by atoms with Crippen LogP contribution in [0.5, 0.6) is 0 Å². The average molecular weight is 346 g/mol. The van der Waals surface area contributed by atoms with Crippen molar-refractivity contribution in [2.75, 3.05) is 0 Å². The molecule has 1 aliphatic carbocycles. The predicted molar refractivity (Wildman–Crippen MR) is 72.8 cm³/mol. The molecule has 0 fully saturated rings. The van der Waals surface area contributed by atoms with E-state index in [2.05, 4.69) is 65.8 Å². The summed E-state index contributed by atoms with van der Waals surface area (Å²) in [6, 6.07) is 13.4. The van der Waals surface area contributed by atoms with Crippen LogP contribution in [0.4, 0.5) is 0 Å². The third-order valence-corrected chi connectivity index (χ3v) is 6.28. The second kappa shape index (κ2) is 6.48. The van der Waals surface area contributed by atoms with E-state index in [-0.39, 0.29) is 24.8 Å². The Labute approximate surface area is 137 Å². The molecule has 19 heavy (non-hydrogen) atoms. The predicted octanol–water partition coefficient (Wildman–Crippen LogP) is -3.87. The number of hydrogen-bond donors (Lipinski definition) is 0. The number of fused-ring (bicyclic) bond motifs is 3. The van der Waals surface area contributed by atoms with Gasteiger partial charge in [-0.3, -0.25) is 0 Å². The molecule has 0 heterocycles. The average Bonchev–Trinajstić information content (AvgIpc) is 2.66. The Balaban J connectivity index is 0.000000902. The normalized spacial score (nSPS) is 11.3. The van der Waals surface area contributed by atoms with E-state index in [9.17, 15) is 0 Å². The summed E-state index contributed by atoms with van der Waals surface area (Å²) < 4.78 is 1.37. The van der Waals surface area contributed by atoms with Gasteiger partial charge in [0, 0.05) is 0 Å². The van der Waals surface area contributed by atoms with Crippen molar-refractivity contribution in [3.05, 3.63) is 47.5 Å². The zero-order valence-electron chi connectivity index (χ0n) is 10.9. The fourth-order valence-electron chi connectivity index (χ4n) is 2.85. The first kappa shape index (κ1) is 16.8. The van der Waals surface area contributed by atoms with Crippen LogP contribution in [-0.2, 0) is 22.7 Å². The molecule has 0 spiro atoms. The Hall–Kier alpha value is -0.231. The van der Waals surface area contributed by atoms with Gasteiger partial charge in [-0.25, -0.2) is 0 Å². The minimum Gasteiger partial charge on any atom is -1.00 e. The second-order valence-electron chi connectivity index (χ2n) is 4.99. The minimum absolute atomic E-state index is 0. The van der Waals surface area contributed by atoms with Crippen LogP contribution < -0.4 is 34.4 Å². The maximum absolute atomic E-state index is 3.24. The van der Waals surface area contributed by atoms with Crippen LogP contribution in [0.1, 0.15) is 11.1 Å². The molecule has 0 aliphatic heterocycles. The van der Waals surface area contributed by atoms with Gasteiger partial charge in [-0.05, 0) is 0 Å². The molecule has 1 aliphatic rings. The van der Waals surface area contributed by atoms with Crippen molar-refractivity contribution in [1.82, 2.24) is 0 Å². The molecule has 0 amide bonds. The zero-order chi connectivity index (χ0) is 12.0. The molecule has 0 saturated carbocycles. The zero-order valence-corrected chi connectivity index (χ0v) is 14.9. The number of hydrogen-bond acceptors (Lipinski definition) is 0. The SMILES string of the molecule is C[SiH](C)c1[c]([Cr+2])ccc2c1Cc1ccccc1-2.[Cl-].[Cl-]. The van der Waals surface area contributed by atoms with Crippen LogP contribution in [0.2, 0.25) is 13.1 Å². The van der Waals surface area contributed by atoms with E-state index in [4.69, 9.17) is 0 Å². The summed E-state index contributed by atoms with van der Waals surface area (Å²) in [6.07, 6.45) is 1.13. The standard InChI is InChI=1S/C15H15Si.2ClH.Cr/c1-16(2)15-9-5-8-13-12-7-4-3-6-11(12)10-14(13)15;;;/h3-8,16H,10H2,1-2H3;2*1H;/q;;;+2/p-2. The van der Waals surface area contributed by atoms with Crippen LogP contribution in [0.3, 0.4) is 0 Å². The van der Waals surface area contributed by atoms with E-state index in [1.165, 1.54) is 21.1 Å².